The highest BCUT2D eigenvalue weighted by atomic mass is 16.4. The standard InChI is InChI=1S/C14H19NO2/c1-2-10-3-5-11(6-4-10)8-15-9-12-7-13(12)14(16)17/h3-6,12-13,15H,2,7-9H2,1H3,(H,16,17). The van der Waals surface area contributed by atoms with Crippen molar-refractivity contribution in [3.05, 3.63) is 35.4 Å². The molecule has 17 heavy (non-hydrogen) atoms. The van der Waals surface area contributed by atoms with E-state index < -0.39 is 5.97 Å². The van der Waals surface area contributed by atoms with Crippen molar-refractivity contribution >= 4 is 5.97 Å². The van der Waals surface area contributed by atoms with Gasteiger partial charge in [0.25, 0.3) is 0 Å². The van der Waals surface area contributed by atoms with E-state index >= 15 is 0 Å². The third-order valence-electron chi connectivity index (χ3n) is 3.41. The molecule has 0 radical (unpaired) electrons. The van der Waals surface area contributed by atoms with Gasteiger partial charge in [-0.25, -0.2) is 0 Å². The maximum Gasteiger partial charge on any atom is 0.306 e. The van der Waals surface area contributed by atoms with Gasteiger partial charge in [0.15, 0.2) is 0 Å². The number of benzene rings is 1. The van der Waals surface area contributed by atoms with E-state index in [1.54, 1.807) is 0 Å². The molecule has 0 amide bonds. The van der Waals surface area contributed by atoms with Crippen molar-refractivity contribution in [3.8, 4) is 0 Å². The Hall–Kier alpha value is -1.35. The quantitative estimate of drug-likeness (QED) is 0.790. The summed E-state index contributed by atoms with van der Waals surface area (Å²) >= 11 is 0. The van der Waals surface area contributed by atoms with Crippen molar-refractivity contribution in [2.45, 2.75) is 26.3 Å². The molecular weight excluding hydrogens is 214 g/mol. The van der Waals surface area contributed by atoms with E-state index in [0.29, 0.717) is 5.92 Å². The lowest BCUT2D eigenvalue weighted by molar-refractivity contribution is -0.138. The van der Waals surface area contributed by atoms with E-state index in [4.69, 9.17) is 5.11 Å². The van der Waals surface area contributed by atoms with Crippen molar-refractivity contribution in [2.24, 2.45) is 11.8 Å². The first-order valence-corrected chi connectivity index (χ1v) is 6.22. The van der Waals surface area contributed by atoms with Gasteiger partial charge in [0.2, 0.25) is 0 Å². The lowest BCUT2D eigenvalue weighted by Crippen LogP contribution is -2.18. The molecule has 0 aliphatic heterocycles. The summed E-state index contributed by atoms with van der Waals surface area (Å²) in [7, 11) is 0. The van der Waals surface area contributed by atoms with E-state index in [9.17, 15) is 4.79 Å². The predicted octanol–water partition coefficient (Wildman–Crippen LogP) is 2.06. The third-order valence-corrected chi connectivity index (χ3v) is 3.41. The smallest absolute Gasteiger partial charge is 0.306 e. The molecule has 0 saturated heterocycles. The van der Waals surface area contributed by atoms with Gasteiger partial charge in [0.05, 0.1) is 5.92 Å². The second kappa shape index (κ2) is 5.32. The molecular formula is C14H19NO2. The molecule has 1 aliphatic carbocycles. The molecule has 0 aromatic heterocycles. The lowest BCUT2D eigenvalue weighted by atomic mass is 10.1. The second-order valence-electron chi connectivity index (χ2n) is 4.74. The van der Waals surface area contributed by atoms with Gasteiger partial charge < -0.3 is 10.4 Å². The van der Waals surface area contributed by atoms with Crippen LogP contribution in [0.25, 0.3) is 0 Å². The summed E-state index contributed by atoms with van der Waals surface area (Å²) in [6.07, 6.45) is 1.90. The van der Waals surface area contributed by atoms with Crippen LogP contribution in [-0.4, -0.2) is 17.6 Å². The molecule has 1 fully saturated rings. The maximum absolute atomic E-state index is 10.6. The first kappa shape index (κ1) is 12.1. The van der Waals surface area contributed by atoms with Gasteiger partial charge in [-0.15, -0.1) is 0 Å². The van der Waals surface area contributed by atoms with Crippen molar-refractivity contribution in [3.63, 3.8) is 0 Å². The largest absolute Gasteiger partial charge is 0.481 e. The zero-order valence-corrected chi connectivity index (χ0v) is 10.1. The fourth-order valence-corrected chi connectivity index (χ4v) is 2.07. The molecule has 2 rings (SSSR count). The number of nitrogens with one attached hydrogen (secondary N) is 1. The van der Waals surface area contributed by atoms with Crippen molar-refractivity contribution < 1.29 is 9.90 Å². The van der Waals surface area contributed by atoms with Crippen molar-refractivity contribution in [1.29, 1.82) is 0 Å². The molecule has 1 aliphatic rings. The Morgan fingerprint density at radius 1 is 1.35 bits per heavy atom. The van der Waals surface area contributed by atoms with E-state index in [1.165, 1.54) is 11.1 Å². The van der Waals surface area contributed by atoms with Crippen LogP contribution < -0.4 is 5.32 Å². The van der Waals surface area contributed by atoms with Crippen LogP contribution in [0.15, 0.2) is 24.3 Å². The van der Waals surface area contributed by atoms with Crippen LogP contribution in [0.4, 0.5) is 0 Å². The van der Waals surface area contributed by atoms with E-state index in [0.717, 1.165) is 25.9 Å². The Morgan fingerprint density at radius 3 is 2.53 bits per heavy atom. The monoisotopic (exact) mass is 233 g/mol. The maximum atomic E-state index is 10.6. The molecule has 92 valence electrons. The highest BCUT2D eigenvalue weighted by Gasteiger charge is 2.42. The second-order valence-corrected chi connectivity index (χ2v) is 4.74. The van der Waals surface area contributed by atoms with Crippen LogP contribution in [-0.2, 0) is 17.8 Å². The zero-order valence-electron chi connectivity index (χ0n) is 10.1. The first-order valence-electron chi connectivity index (χ1n) is 6.22. The number of hydrogen-bond donors (Lipinski definition) is 2. The Balaban J connectivity index is 1.70. The molecule has 1 aromatic rings. The van der Waals surface area contributed by atoms with E-state index in [1.807, 2.05) is 0 Å². The molecule has 3 nitrogen and oxygen atoms in total. The van der Waals surface area contributed by atoms with E-state index in [-0.39, 0.29) is 5.92 Å². The molecule has 2 unspecified atom stereocenters. The van der Waals surface area contributed by atoms with Crippen LogP contribution in [0.2, 0.25) is 0 Å². The molecule has 3 heteroatoms. The Labute approximate surface area is 102 Å². The normalized spacial score (nSPS) is 22.4. The highest BCUT2D eigenvalue weighted by molar-refractivity contribution is 5.73. The Bertz CT molecular complexity index is 386. The number of rotatable bonds is 6. The first-order chi connectivity index (χ1) is 8.20. The zero-order chi connectivity index (χ0) is 12.3. The molecule has 0 heterocycles. The molecule has 0 bridgehead atoms. The fourth-order valence-electron chi connectivity index (χ4n) is 2.07. The summed E-state index contributed by atoms with van der Waals surface area (Å²) in [4.78, 5) is 10.6. The van der Waals surface area contributed by atoms with Crippen LogP contribution >= 0.6 is 0 Å². The molecule has 2 atom stereocenters. The molecule has 1 saturated carbocycles. The summed E-state index contributed by atoms with van der Waals surface area (Å²) in [5.41, 5.74) is 2.61. The highest BCUT2D eigenvalue weighted by Crippen LogP contribution is 2.37. The van der Waals surface area contributed by atoms with E-state index in [2.05, 4.69) is 36.5 Å². The van der Waals surface area contributed by atoms with Gasteiger partial charge in [-0.1, -0.05) is 31.2 Å². The summed E-state index contributed by atoms with van der Waals surface area (Å²) in [6, 6.07) is 8.56. The van der Waals surface area contributed by atoms with Gasteiger partial charge in [-0.3, -0.25) is 4.79 Å². The minimum Gasteiger partial charge on any atom is -0.481 e. The van der Waals surface area contributed by atoms with Crippen LogP contribution in [0, 0.1) is 11.8 Å². The SMILES string of the molecule is CCc1ccc(CNCC2CC2C(=O)O)cc1. The van der Waals surface area contributed by atoms with Gasteiger partial charge in [-0.05, 0) is 36.4 Å². The minimum absolute atomic E-state index is 0.107. The topological polar surface area (TPSA) is 49.3 Å². The van der Waals surface area contributed by atoms with Gasteiger partial charge >= 0.3 is 5.97 Å². The predicted molar refractivity (Wildman–Crippen MR) is 66.8 cm³/mol. The number of carboxylic acids is 1. The number of hydrogen-bond acceptors (Lipinski definition) is 2. The summed E-state index contributed by atoms with van der Waals surface area (Å²) in [6.45, 7) is 3.78. The molecule has 2 N–H and O–H groups in total. The Kier molecular flexibility index (Phi) is 3.79. The number of aryl methyl sites for hydroxylation is 1. The molecule has 1 aromatic carbocycles. The third kappa shape index (κ3) is 3.30. The minimum atomic E-state index is -0.649. The van der Waals surface area contributed by atoms with Gasteiger partial charge in [-0.2, -0.15) is 0 Å². The number of aliphatic carboxylic acids is 1. The van der Waals surface area contributed by atoms with Gasteiger partial charge in [0, 0.05) is 6.54 Å². The number of carboxylic acid groups (broad SMARTS) is 1. The average Bonchev–Trinajstić information content (AvgIpc) is 3.10. The fraction of sp³-hybridized carbons (Fsp3) is 0.500. The lowest BCUT2D eigenvalue weighted by Gasteiger charge is -2.05. The average molecular weight is 233 g/mol. The summed E-state index contributed by atoms with van der Waals surface area (Å²) < 4.78 is 0. The van der Waals surface area contributed by atoms with Crippen molar-refractivity contribution in [1.82, 2.24) is 5.32 Å². The molecule has 0 spiro atoms. The van der Waals surface area contributed by atoms with Crippen LogP contribution in [0.5, 0.6) is 0 Å². The van der Waals surface area contributed by atoms with Crippen LogP contribution in [0.1, 0.15) is 24.5 Å². The number of carbonyl (C=O) groups is 1. The Morgan fingerprint density at radius 2 is 2.00 bits per heavy atom. The summed E-state index contributed by atoms with van der Waals surface area (Å²) in [5, 5.41) is 12.1. The van der Waals surface area contributed by atoms with Crippen LogP contribution in [0.3, 0.4) is 0 Å². The van der Waals surface area contributed by atoms with Gasteiger partial charge in [0.1, 0.15) is 0 Å². The van der Waals surface area contributed by atoms with Crippen molar-refractivity contribution in [2.75, 3.05) is 6.54 Å². The summed E-state index contributed by atoms with van der Waals surface area (Å²) in [5.74, 6) is -0.420.